The van der Waals surface area contributed by atoms with E-state index in [4.69, 9.17) is 15.2 Å². The molecule has 0 aromatic heterocycles. The minimum Gasteiger partial charge on any atom is -0.497 e. The first-order valence-electron chi connectivity index (χ1n) is 6.19. The van der Waals surface area contributed by atoms with E-state index >= 15 is 0 Å². The molecular formula is C14H21NO4. The van der Waals surface area contributed by atoms with Gasteiger partial charge in [-0.1, -0.05) is 0 Å². The van der Waals surface area contributed by atoms with Crippen LogP contribution in [0.25, 0.3) is 0 Å². The Hall–Kier alpha value is -1.75. The van der Waals surface area contributed by atoms with E-state index in [0.29, 0.717) is 6.42 Å². The van der Waals surface area contributed by atoms with Crippen LogP contribution in [0.2, 0.25) is 0 Å². The number of carbonyl (C=O) groups is 1. The molecule has 1 unspecified atom stereocenters. The average molecular weight is 267 g/mol. The van der Waals surface area contributed by atoms with Gasteiger partial charge in [0.15, 0.2) is 0 Å². The molecule has 5 nitrogen and oxygen atoms in total. The number of rotatable bonds is 7. The van der Waals surface area contributed by atoms with Crippen LogP contribution < -0.4 is 15.2 Å². The molecule has 2 N–H and O–H groups in total. The third kappa shape index (κ3) is 5.18. The number of ether oxygens (including phenoxy) is 3. The first-order chi connectivity index (χ1) is 9.06. The van der Waals surface area contributed by atoms with Crippen molar-refractivity contribution in [1.82, 2.24) is 0 Å². The largest absolute Gasteiger partial charge is 0.497 e. The summed E-state index contributed by atoms with van der Waals surface area (Å²) in [6.07, 6.45) is 0.908. The van der Waals surface area contributed by atoms with Crippen molar-refractivity contribution in [3.8, 4) is 11.5 Å². The number of nitrogens with two attached hydrogens (primary N) is 1. The molecule has 0 radical (unpaired) electrons. The molecule has 0 bridgehead atoms. The molecule has 0 saturated carbocycles. The third-order valence-electron chi connectivity index (χ3n) is 2.60. The molecule has 5 heteroatoms. The van der Waals surface area contributed by atoms with Crippen LogP contribution in [0.1, 0.15) is 18.9 Å². The highest BCUT2D eigenvalue weighted by Crippen LogP contribution is 2.25. The van der Waals surface area contributed by atoms with Crippen molar-refractivity contribution in [3.05, 3.63) is 23.8 Å². The molecule has 0 heterocycles. The summed E-state index contributed by atoms with van der Waals surface area (Å²) in [5, 5.41) is 0. The van der Waals surface area contributed by atoms with Crippen LogP contribution in [0.4, 0.5) is 0 Å². The highest BCUT2D eigenvalue weighted by Gasteiger charge is 2.09. The van der Waals surface area contributed by atoms with E-state index in [1.165, 1.54) is 7.11 Å². The molecule has 106 valence electrons. The van der Waals surface area contributed by atoms with Crippen molar-refractivity contribution in [3.63, 3.8) is 0 Å². The summed E-state index contributed by atoms with van der Waals surface area (Å²) in [7, 11) is 2.97. The first-order valence-corrected chi connectivity index (χ1v) is 6.19. The van der Waals surface area contributed by atoms with E-state index in [1.54, 1.807) is 7.11 Å². The van der Waals surface area contributed by atoms with Crippen molar-refractivity contribution in [1.29, 1.82) is 0 Å². The quantitative estimate of drug-likeness (QED) is 0.758. The summed E-state index contributed by atoms with van der Waals surface area (Å²) < 4.78 is 15.3. The lowest BCUT2D eigenvalue weighted by Crippen LogP contribution is -2.18. The number of benzene rings is 1. The van der Waals surface area contributed by atoms with Gasteiger partial charge in [-0.2, -0.15) is 0 Å². The monoisotopic (exact) mass is 267 g/mol. The van der Waals surface area contributed by atoms with E-state index in [-0.39, 0.29) is 25.0 Å². The van der Waals surface area contributed by atoms with Gasteiger partial charge in [-0.25, -0.2) is 0 Å². The fraction of sp³-hybridized carbons (Fsp3) is 0.500. The molecule has 0 amide bonds. The minimum atomic E-state index is -0.290. The zero-order valence-corrected chi connectivity index (χ0v) is 11.6. The van der Waals surface area contributed by atoms with Crippen LogP contribution in [0.5, 0.6) is 11.5 Å². The van der Waals surface area contributed by atoms with E-state index < -0.39 is 0 Å². The Labute approximate surface area is 113 Å². The van der Waals surface area contributed by atoms with E-state index in [2.05, 4.69) is 4.74 Å². The molecule has 1 aromatic rings. The predicted molar refractivity (Wildman–Crippen MR) is 72.5 cm³/mol. The van der Waals surface area contributed by atoms with Gasteiger partial charge in [-0.3, -0.25) is 4.79 Å². The number of methoxy groups -OCH3 is 2. The third-order valence-corrected chi connectivity index (χ3v) is 2.60. The molecule has 0 saturated heterocycles. The Kier molecular flexibility index (Phi) is 6.15. The molecule has 0 aliphatic rings. The van der Waals surface area contributed by atoms with Crippen molar-refractivity contribution in [2.24, 2.45) is 5.73 Å². The van der Waals surface area contributed by atoms with Crippen molar-refractivity contribution in [2.75, 3.05) is 20.8 Å². The Morgan fingerprint density at radius 2 is 2.11 bits per heavy atom. The van der Waals surface area contributed by atoms with Gasteiger partial charge >= 0.3 is 5.97 Å². The summed E-state index contributed by atoms with van der Waals surface area (Å²) in [4.78, 5) is 11.0. The van der Waals surface area contributed by atoms with Crippen LogP contribution in [0.3, 0.4) is 0 Å². The van der Waals surface area contributed by atoms with Gasteiger partial charge in [0.05, 0.1) is 27.2 Å². The number of hydrogen-bond acceptors (Lipinski definition) is 5. The Morgan fingerprint density at radius 3 is 2.68 bits per heavy atom. The molecular weight excluding hydrogens is 246 g/mol. The predicted octanol–water partition coefficient (Wildman–Crippen LogP) is 1.53. The average Bonchev–Trinajstić information content (AvgIpc) is 2.39. The fourth-order valence-corrected chi connectivity index (χ4v) is 1.68. The van der Waals surface area contributed by atoms with Crippen LogP contribution in [0, 0.1) is 0 Å². The molecule has 1 atom stereocenters. The SMILES string of the molecule is COC(=O)CCOc1ccc(OC)cc1CC(C)N. The normalized spacial score (nSPS) is 11.8. The van der Waals surface area contributed by atoms with Crippen LogP contribution in [-0.2, 0) is 16.0 Å². The lowest BCUT2D eigenvalue weighted by molar-refractivity contribution is -0.141. The second kappa shape index (κ2) is 7.63. The Bertz CT molecular complexity index is 418. The maximum Gasteiger partial charge on any atom is 0.308 e. The highest BCUT2D eigenvalue weighted by molar-refractivity contribution is 5.69. The first kappa shape index (κ1) is 15.3. The second-order valence-electron chi connectivity index (χ2n) is 4.33. The van der Waals surface area contributed by atoms with Crippen LogP contribution >= 0.6 is 0 Å². The molecule has 1 rings (SSSR count). The second-order valence-corrected chi connectivity index (χ2v) is 4.33. The van der Waals surface area contributed by atoms with Gasteiger partial charge in [0.25, 0.3) is 0 Å². The van der Waals surface area contributed by atoms with Gasteiger partial charge in [-0.05, 0) is 37.1 Å². The summed E-state index contributed by atoms with van der Waals surface area (Å²) in [5.41, 5.74) is 6.78. The Balaban J connectivity index is 2.72. The molecule has 1 aromatic carbocycles. The summed E-state index contributed by atoms with van der Waals surface area (Å²) in [6, 6.07) is 5.57. The van der Waals surface area contributed by atoms with E-state index in [0.717, 1.165) is 17.1 Å². The minimum absolute atomic E-state index is 0.0232. The zero-order valence-electron chi connectivity index (χ0n) is 11.6. The smallest absolute Gasteiger partial charge is 0.308 e. The van der Waals surface area contributed by atoms with Gasteiger partial charge in [0.1, 0.15) is 11.5 Å². The molecule has 0 spiro atoms. The topological polar surface area (TPSA) is 70.8 Å². The summed E-state index contributed by atoms with van der Waals surface area (Å²) in [5.74, 6) is 1.19. The number of carbonyl (C=O) groups excluding carboxylic acids is 1. The van der Waals surface area contributed by atoms with Crippen molar-refractivity contribution in [2.45, 2.75) is 25.8 Å². The van der Waals surface area contributed by atoms with Crippen LogP contribution in [0.15, 0.2) is 18.2 Å². The molecule has 0 fully saturated rings. The maximum atomic E-state index is 11.0. The summed E-state index contributed by atoms with van der Waals surface area (Å²) in [6.45, 7) is 2.21. The zero-order chi connectivity index (χ0) is 14.3. The standard InChI is InChI=1S/C14H21NO4/c1-10(15)8-11-9-12(17-2)4-5-13(11)19-7-6-14(16)18-3/h4-5,9-10H,6-8,15H2,1-3H3. The molecule has 0 aliphatic carbocycles. The molecule has 19 heavy (non-hydrogen) atoms. The van der Waals surface area contributed by atoms with Gasteiger partial charge in [0, 0.05) is 6.04 Å². The number of hydrogen-bond donors (Lipinski definition) is 1. The van der Waals surface area contributed by atoms with Gasteiger partial charge in [-0.15, -0.1) is 0 Å². The highest BCUT2D eigenvalue weighted by atomic mass is 16.5. The van der Waals surface area contributed by atoms with Gasteiger partial charge in [0.2, 0.25) is 0 Å². The van der Waals surface area contributed by atoms with Crippen LogP contribution in [-0.4, -0.2) is 32.8 Å². The fourth-order valence-electron chi connectivity index (χ4n) is 1.68. The molecule has 0 aliphatic heterocycles. The van der Waals surface area contributed by atoms with E-state index in [1.807, 2.05) is 25.1 Å². The summed E-state index contributed by atoms with van der Waals surface area (Å²) >= 11 is 0. The van der Waals surface area contributed by atoms with E-state index in [9.17, 15) is 4.79 Å². The van der Waals surface area contributed by atoms with Crippen molar-refractivity contribution < 1.29 is 19.0 Å². The van der Waals surface area contributed by atoms with Crippen molar-refractivity contribution >= 4 is 5.97 Å². The lowest BCUT2D eigenvalue weighted by atomic mass is 10.1. The lowest BCUT2D eigenvalue weighted by Gasteiger charge is -2.14. The maximum absolute atomic E-state index is 11.0. The number of esters is 1. The Morgan fingerprint density at radius 1 is 1.37 bits per heavy atom. The van der Waals surface area contributed by atoms with Gasteiger partial charge < -0.3 is 19.9 Å².